The first-order valence-electron chi connectivity index (χ1n) is 27.3. The van der Waals surface area contributed by atoms with Crippen LogP contribution >= 0.6 is 0 Å². The summed E-state index contributed by atoms with van der Waals surface area (Å²) in [4.78, 5) is 28.8. The van der Waals surface area contributed by atoms with Crippen molar-refractivity contribution in [3.8, 4) is 23.0 Å². The van der Waals surface area contributed by atoms with Crippen molar-refractivity contribution in [1.82, 2.24) is 0 Å². The van der Waals surface area contributed by atoms with E-state index in [-0.39, 0.29) is 34.2 Å². The number of unbranched alkanes of at least 4 members (excludes halogenated alkanes) is 4. The zero-order valence-electron chi connectivity index (χ0n) is 46.1. The number of ether oxygens (including phenoxy) is 4. The lowest BCUT2D eigenvalue weighted by atomic mass is 9.70. The Morgan fingerprint density at radius 3 is 0.855 bits per heavy atom. The van der Waals surface area contributed by atoms with Crippen molar-refractivity contribution in [2.45, 2.75) is 165 Å². The molecule has 4 bridgehead atoms. The van der Waals surface area contributed by atoms with Gasteiger partial charge in [0.25, 0.3) is 0 Å². The average Bonchev–Trinajstić information content (AvgIpc) is 3.94. The molecule has 8 rings (SSSR count). The van der Waals surface area contributed by atoms with E-state index in [1.807, 2.05) is 27.7 Å². The first-order chi connectivity index (χ1) is 36.0. The first kappa shape index (κ1) is 62.8. The van der Waals surface area contributed by atoms with E-state index in [1.165, 1.54) is 43.1 Å². The Kier molecular flexibility index (Phi) is 23.7. The second-order valence-electron chi connectivity index (χ2n) is 21.7. The quantitative estimate of drug-likeness (QED) is 0.0280. The molecule has 16 heteroatoms. The summed E-state index contributed by atoms with van der Waals surface area (Å²) in [7, 11) is -8.65. The van der Waals surface area contributed by atoms with Crippen LogP contribution in [0.1, 0.15) is 145 Å². The van der Waals surface area contributed by atoms with Crippen LogP contribution in [-0.2, 0) is 53.3 Å². The highest BCUT2D eigenvalue weighted by Gasteiger charge is 2.65. The number of hydrogen-bond acceptors (Lipinski definition) is 12. The number of thiol groups is 2. The molecule has 0 N–H and O–H groups in total. The van der Waals surface area contributed by atoms with Crippen LogP contribution in [0, 0.1) is 33.5 Å². The minimum atomic E-state index is -4.33. The van der Waals surface area contributed by atoms with E-state index >= 15 is 0 Å². The van der Waals surface area contributed by atoms with Gasteiger partial charge in [-0.15, -0.1) is 0 Å². The second-order valence-corrected chi connectivity index (χ2v) is 27.1. The van der Waals surface area contributed by atoms with Gasteiger partial charge in [0.1, 0.15) is 34.6 Å². The molecule has 4 unspecified atom stereocenters. The Labute approximate surface area is 463 Å². The zero-order valence-corrected chi connectivity index (χ0v) is 49.6. The Morgan fingerprint density at radius 2 is 0.684 bits per heavy atom. The Hall–Kier alpha value is -4.06. The van der Waals surface area contributed by atoms with Crippen LogP contribution in [-0.4, -0.2) is 75.4 Å². The van der Waals surface area contributed by atoms with Gasteiger partial charge in [0.05, 0.1) is 58.2 Å². The van der Waals surface area contributed by atoms with Gasteiger partial charge < -0.3 is 28.1 Å². The summed E-state index contributed by atoms with van der Waals surface area (Å²) in [6, 6.07) is 33.5. The van der Waals surface area contributed by atoms with Crippen LogP contribution in [0.3, 0.4) is 0 Å². The van der Waals surface area contributed by atoms with E-state index in [9.17, 15) is 35.5 Å². The van der Waals surface area contributed by atoms with E-state index in [0.717, 1.165) is 114 Å². The molecule has 420 valence electrons. The maximum absolute atomic E-state index is 11.8. The normalized spacial score (nSPS) is 21.6. The molecule has 0 radical (unpaired) electrons. The van der Waals surface area contributed by atoms with Crippen molar-refractivity contribution in [3.63, 3.8) is 0 Å². The van der Waals surface area contributed by atoms with Gasteiger partial charge >= 0.3 is 0 Å². The number of hydrogen-bond donors (Lipinski definition) is 0. The predicted octanol–water partition coefficient (Wildman–Crippen LogP) is 12.4. The minimum absolute atomic E-state index is 0.0248. The topological polar surface area (TPSA) is 185 Å². The molecule has 0 spiro atoms. The average molecular weight is 1130 g/mol. The summed E-state index contributed by atoms with van der Waals surface area (Å²) in [5.41, 5.74) is -2.44. The molecule has 4 aromatic carbocycles. The minimum Gasteiger partial charge on any atom is -0.748 e. The summed E-state index contributed by atoms with van der Waals surface area (Å²) < 4.78 is 88.2. The van der Waals surface area contributed by atoms with Gasteiger partial charge in [0.2, 0.25) is 0 Å². The Morgan fingerprint density at radius 1 is 0.447 bits per heavy atom. The Bertz CT molecular complexity index is 2370. The number of fused-ring (bicyclic) bond motifs is 4. The van der Waals surface area contributed by atoms with E-state index in [0.29, 0.717) is 25.7 Å². The van der Waals surface area contributed by atoms with E-state index in [4.69, 9.17) is 18.9 Å². The standard InChI is InChI=1S/2C20H26O2S.2C10H16O4S/c2*1-3-5-15-21-17-7-11-19(12-8-17)23-20-13-9-18(10-14-20)22-16-6-4-2;2*1-9(2)7-3-4-10(9,8(11)5-7)6-15(12,13)14/h2*7-14H,3-6,15-16H2,1-2H3;2*7H,3-6H2,1-2H3,(H,12,13,14). The van der Waals surface area contributed by atoms with Crippen molar-refractivity contribution in [3.05, 3.63) is 97.1 Å². The number of carbonyl (C=O) groups is 2. The van der Waals surface area contributed by atoms with Gasteiger partial charge in [-0.2, -0.15) is 0 Å². The maximum atomic E-state index is 11.8. The number of benzene rings is 4. The molecule has 4 atom stereocenters. The first-order valence-corrected chi connectivity index (χ1v) is 32.2. The zero-order chi connectivity index (χ0) is 55.6. The smallest absolute Gasteiger partial charge is 0.158 e. The van der Waals surface area contributed by atoms with Crippen LogP contribution < -0.4 is 18.9 Å². The highest BCUT2D eigenvalue weighted by atomic mass is 32.2. The third-order valence-corrected chi connectivity index (χ3v) is 20.0. The van der Waals surface area contributed by atoms with Crippen molar-refractivity contribution < 1.29 is 54.5 Å². The summed E-state index contributed by atoms with van der Waals surface area (Å²) in [5.74, 6) is 3.26. The van der Waals surface area contributed by atoms with Crippen molar-refractivity contribution in [2.75, 3.05) is 37.9 Å². The molecule has 12 nitrogen and oxygen atoms in total. The van der Waals surface area contributed by atoms with Gasteiger partial charge in [0, 0.05) is 47.2 Å². The lowest BCUT2D eigenvalue weighted by molar-refractivity contribution is -0.128. The summed E-state index contributed by atoms with van der Waals surface area (Å²) in [5, 5.41) is 0. The van der Waals surface area contributed by atoms with Gasteiger partial charge in [-0.05, 0) is 171 Å². The van der Waals surface area contributed by atoms with Crippen molar-refractivity contribution in [1.29, 1.82) is 0 Å². The molecule has 4 aliphatic carbocycles. The fourth-order valence-corrected chi connectivity index (χ4v) is 15.3. The van der Waals surface area contributed by atoms with Crippen LogP contribution in [0.5, 0.6) is 23.0 Å². The van der Waals surface area contributed by atoms with Crippen molar-refractivity contribution >= 4 is 55.3 Å². The molecular weight excluding hydrogens is 1040 g/mol. The number of ketones is 2. The fourth-order valence-electron chi connectivity index (χ4n) is 10.9. The third-order valence-electron chi connectivity index (χ3n) is 16.1. The summed E-state index contributed by atoms with van der Waals surface area (Å²) in [6.45, 7) is 19.6. The number of Topliss-reactive ketones (excluding diaryl/α,β-unsaturated/α-hetero) is 2. The summed E-state index contributed by atoms with van der Waals surface area (Å²) in [6.07, 6.45) is 12.8. The maximum Gasteiger partial charge on any atom is 0.158 e. The van der Waals surface area contributed by atoms with Crippen LogP contribution in [0.15, 0.2) is 117 Å². The molecule has 0 aliphatic heterocycles. The van der Waals surface area contributed by atoms with Gasteiger partial charge in [-0.3, -0.25) is 9.59 Å². The van der Waals surface area contributed by atoms with Crippen LogP contribution in [0.2, 0.25) is 0 Å². The van der Waals surface area contributed by atoms with Crippen LogP contribution in [0.4, 0.5) is 0 Å². The van der Waals surface area contributed by atoms with Gasteiger partial charge in [0.15, 0.2) is 19.6 Å². The Balaban J connectivity index is 0.000000191. The van der Waals surface area contributed by atoms with E-state index < -0.39 is 42.6 Å². The lowest BCUT2D eigenvalue weighted by Gasteiger charge is -2.37. The third kappa shape index (κ3) is 17.5. The molecule has 0 saturated heterocycles. The monoisotopic (exact) mass is 1120 g/mol. The predicted molar refractivity (Wildman–Crippen MR) is 304 cm³/mol. The number of carbonyl (C=O) groups excluding carboxylic acids is 2. The molecule has 76 heavy (non-hydrogen) atoms. The van der Waals surface area contributed by atoms with Crippen molar-refractivity contribution in [2.24, 2.45) is 33.5 Å². The molecule has 4 saturated carbocycles. The molecule has 0 aromatic heterocycles. The highest BCUT2D eigenvalue weighted by Crippen LogP contribution is 2.65. The van der Waals surface area contributed by atoms with Gasteiger partial charge in [-0.25, -0.2) is 16.8 Å². The van der Waals surface area contributed by atoms with Crippen LogP contribution in [0.25, 0.3) is 0 Å². The molecular formula is C60H84O12S4. The molecule has 0 amide bonds. The SMILES string of the molecule is CC1(C)C2CCC1(CS(=O)(=O)[O-])C(=O)C2.CC1(C)C2CCC1(CS(=O)(=O)[O-])C(=O)C2.CCCCOc1ccc([SH+]c2ccc(OCCCC)cc2)cc1.CCCCOc1ccc([SH+]c2ccc(OCCCC)cc2)cc1. The molecule has 4 fully saturated rings. The highest BCUT2D eigenvalue weighted by molar-refractivity contribution is 7.86. The molecule has 0 heterocycles. The molecule has 4 aromatic rings. The van der Waals surface area contributed by atoms with Gasteiger partial charge in [-0.1, -0.05) is 81.1 Å². The fraction of sp³-hybridized carbons (Fsp3) is 0.567. The second kappa shape index (κ2) is 28.7. The summed E-state index contributed by atoms with van der Waals surface area (Å²) >= 11 is 2.41. The molecule has 4 aliphatic rings. The lowest BCUT2D eigenvalue weighted by Crippen LogP contribution is -2.42. The largest absolute Gasteiger partial charge is 0.748 e. The van der Waals surface area contributed by atoms with E-state index in [1.54, 1.807) is 0 Å². The number of rotatable bonds is 24. The van der Waals surface area contributed by atoms with E-state index in [2.05, 4.69) is 125 Å².